The van der Waals surface area contributed by atoms with Gasteiger partial charge in [0.05, 0.1) is 16.8 Å². The van der Waals surface area contributed by atoms with Gasteiger partial charge in [-0.25, -0.2) is 0 Å². The highest BCUT2D eigenvalue weighted by atomic mass is 35.5. The van der Waals surface area contributed by atoms with Gasteiger partial charge in [-0.2, -0.15) is 4.68 Å². The van der Waals surface area contributed by atoms with Gasteiger partial charge in [-0.3, -0.25) is 10.1 Å². The molecule has 0 bridgehead atoms. The summed E-state index contributed by atoms with van der Waals surface area (Å²) in [5, 5.41) is 18.5. The Kier molecular flexibility index (Phi) is 5.29. The SMILES string of the molecule is Cl.O=C(Nc1ccc(Cl)c(-n2nnnc2C2CC2)c1)C1CSCN1. The van der Waals surface area contributed by atoms with E-state index in [1.165, 1.54) is 0 Å². The number of amides is 1. The zero-order chi connectivity index (χ0) is 15.8. The molecule has 4 rings (SSSR count). The van der Waals surface area contributed by atoms with E-state index < -0.39 is 0 Å². The lowest BCUT2D eigenvalue weighted by Gasteiger charge is -2.12. The number of carbonyl (C=O) groups is 1. The fourth-order valence-electron chi connectivity index (χ4n) is 2.51. The molecule has 2 N–H and O–H groups in total. The first-order valence-corrected chi connectivity index (χ1v) is 8.96. The van der Waals surface area contributed by atoms with E-state index in [1.54, 1.807) is 28.6 Å². The van der Waals surface area contributed by atoms with Crippen LogP contribution in [0.4, 0.5) is 5.69 Å². The number of anilines is 1. The number of hydrogen-bond donors (Lipinski definition) is 2. The predicted octanol–water partition coefficient (Wildman–Crippen LogP) is 2.22. The second-order valence-corrected chi connectivity index (χ2v) is 7.09. The second kappa shape index (κ2) is 7.26. The molecule has 1 aliphatic carbocycles. The van der Waals surface area contributed by atoms with E-state index in [0.29, 0.717) is 22.3 Å². The van der Waals surface area contributed by atoms with Gasteiger partial charge < -0.3 is 5.32 Å². The summed E-state index contributed by atoms with van der Waals surface area (Å²) in [6.07, 6.45) is 2.19. The molecule has 7 nitrogen and oxygen atoms in total. The van der Waals surface area contributed by atoms with Crippen LogP contribution in [0.3, 0.4) is 0 Å². The van der Waals surface area contributed by atoms with Crippen LogP contribution in [0, 0.1) is 0 Å². The van der Waals surface area contributed by atoms with Crippen molar-refractivity contribution in [3.05, 3.63) is 29.0 Å². The molecule has 1 amide bonds. The highest BCUT2D eigenvalue weighted by Gasteiger charge is 2.30. The number of hydrogen-bond acceptors (Lipinski definition) is 6. The molecular formula is C14H16Cl2N6OS. The summed E-state index contributed by atoms with van der Waals surface area (Å²) in [5.74, 6) is 2.77. The molecule has 1 aromatic heterocycles. The van der Waals surface area contributed by atoms with Crippen LogP contribution in [0.1, 0.15) is 24.6 Å². The maximum absolute atomic E-state index is 12.2. The van der Waals surface area contributed by atoms with Crippen molar-refractivity contribution < 1.29 is 4.79 Å². The van der Waals surface area contributed by atoms with Gasteiger partial charge in [0.25, 0.3) is 0 Å². The highest BCUT2D eigenvalue weighted by molar-refractivity contribution is 7.99. The van der Waals surface area contributed by atoms with Crippen molar-refractivity contribution in [3.63, 3.8) is 0 Å². The van der Waals surface area contributed by atoms with Gasteiger partial charge in [0.2, 0.25) is 5.91 Å². The number of benzene rings is 1. The molecule has 24 heavy (non-hydrogen) atoms. The smallest absolute Gasteiger partial charge is 0.242 e. The summed E-state index contributed by atoms with van der Waals surface area (Å²) in [7, 11) is 0. The molecule has 2 fully saturated rings. The van der Waals surface area contributed by atoms with Crippen LogP contribution in [0.5, 0.6) is 0 Å². The summed E-state index contributed by atoms with van der Waals surface area (Å²) < 4.78 is 1.67. The van der Waals surface area contributed by atoms with Crippen LogP contribution in [0.15, 0.2) is 18.2 Å². The summed E-state index contributed by atoms with van der Waals surface area (Å²) in [6.45, 7) is 0. The average Bonchev–Trinajstić information content (AvgIpc) is 3.04. The van der Waals surface area contributed by atoms with Gasteiger partial charge in [-0.15, -0.1) is 29.3 Å². The van der Waals surface area contributed by atoms with E-state index in [2.05, 4.69) is 26.2 Å². The second-order valence-electron chi connectivity index (χ2n) is 5.65. The number of nitrogens with zero attached hydrogens (tertiary/aromatic N) is 4. The third-order valence-corrected chi connectivity index (χ3v) is 5.17. The number of thioether (sulfide) groups is 1. The normalized spacial score (nSPS) is 19.8. The van der Waals surface area contributed by atoms with Crippen molar-refractivity contribution in [2.24, 2.45) is 0 Å². The van der Waals surface area contributed by atoms with Gasteiger partial charge in [0, 0.05) is 23.2 Å². The van der Waals surface area contributed by atoms with E-state index in [1.807, 2.05) is 6.07 Å². The standard InChI is InChI=1S/C14H15ClN6OS.ClH/c15-10-4-3-9(17-14(22)11-6-23-7-16-11)5-12(10)21-13(8-1-2-8)18-19-20-21;/h3-5,8,11,16H,1-2,6-7H2,(H,17,22);1H. The lowest BCUT2D eigenvalue weighted by Crippen LogP contribution is -2.37. The van der Waals surface area contributed by atoms with Gasteiger partial charge in [0.1, 0.15) is 0 Å². The Morgan fingerprint density at radius 3 is 2.96 bits per heavy atom. The van der Waals surface area contributed by atoms with Gasteiger partial charge in [-0.1, -0.05) is 11.6 Å². The van der Waals surface area contributed by atoms with Crippen molar-refractivity contribution in [2.45, 2.75) is 24.8 Å². The van der Waals surface area contributed by atoms with Crippen LogP contribution >= 0.6 is 35.8 Å². The van der Waals surface area contributed by atoms with Crippen LogP contribution in [0.2, 0.25) is 5.02 Å². The fraction of sp³-hybridized carbons (Fsp3) is 0.429. The number of rotatable bonds is 4. The number of carbonyl (C=O) groups excluding carboxylic acids is 1. The molecule has 128 valence electrons. The molecule has 0 radical (unpaired) electrons. The Hall–Kier alpha value is -1.35. The molecule has 2 aliphatic rings. The third-order valence-electron chi connectivity index (χ3n) is 3.91. The zero-order valence-corrected chi connectivity index (χ0v) is 15.0. The van der Waals surface area contributed by atoms with E-state index in [9.17, 15) is 4.79 Å². The molecule has 10 heteroatoms. The quantitative estimate of drug-likeness (QED) is 0.837. The first-order valence-electron chi connectivity index (χ1n) is 7.42. The maximum atomic E-state index is 12.2. The third kappa shape index (κ3) is 3.51. The molecular weight excluding hydrogens is 371 g/mol. The average molecular weight is 387 g/mol. The molecule has 1 unspecified atom stereocenters. The van der Waals surface area contributed by atoms with Crippen LogP contribution < -0.4 is 10.6 Å². The minimum atomic E-state index is -0.158. The van der Waals surface area contributed by atoms with Crippen molar-refractivity contribution >= 4 is 47.4 Å². The number of aromatic nitrogens is 4. The minimum absolute atomic E-state index is 0. The molecule has 1 aliphatic heterocycles. The fourth-order valence-corrected chi connectivity index (χ4v) is 3.65. The Bertz CT molecular complexity index is 745. The van der Waals surface area contributed by atoms with E-state index in [0.717, 1.165) is 30.3 Å². The molecule has 1 atom stereocenters. The Balaban J connectivity index is 0.00000169. The van der Waals surface area contributed by atoms with Crippen LogP contribution in [-0.2, 0) is 4.79 Å². The van der Waals surface area contributed by atoms with Crippen LogP contribution in [0.25, 0.3) is 5.69 Å². The molecule has 1 saturated heterocycles. The summed E-state index contributed by atoms with van der Waals surface area (Å²) in [4.78, 5) is 12.2. The molecule has 1 saturated carbocycles. The lowest BCUT2D eigenvalue weighted by molar-refractivity contribution is -0.117. The van der Waals surface area contributed by atoms with E-state index in [-0.39, 0.29) is 24.4 Å². The van der Waals surface area contributed by atoms with Crippen molar-refractivity contribution in [2.75, 3.05) is 16.9 Å². The molecule has 2 aromatic rings. The van der Waals surface area contributed by atoms with Gasteiger partial charge in [0.15, 0.2) is 5.82 Å². The Morgan fingerprint density at radius 1 is 1.42 bits per heavy atom. The summed E-state index contributed by atoms with van der Waals surface area (Å²) in [6, 6.07) is 5.19. The van der Waals surface area contributed by atoms with Crippen molar-refractivity contribution in [1.82, 2.24) is 25.5 Å². The Labute approximate surface area is 154 Å². The first-order chi connectivity index (χ1) is 11.2. The molecule has 0 spiro atoms. The number of nitrogens with one attached hydrogen (secondary N) is 2. The van der Waals surface area contributed by atoms with Crippen molar-refractivity contribution in [3.8, 4) is 5.69 Å². The summed E-state index contributed by atoms with van der Waals surface area (Å²) in [5.41, 5.74) is 1.37. The van der Waals surface area contributed by atoms with Crippen molar-refractivity contribution in [1.29, 1.82) is 0 Å². The number of halogens is 2. The predicted molar refractivity (Wildman–Crippen MR) is 96.3 cm³/mol. The van der Waals surface area contributed by atoms with Gasteiger partial charge in [-0.05, 0) is 41.5 Å². The molecule has 1 aromatic carbocycles. The maximum Gasteiger partial charge on any atom is 0.242 e. The number of tetrazole rings is 1. The van der Waals surface area contributed by atoms with Crippen LogP contribution in [-0.4, -0.2) is 43.8 Å². The topological polar surface area (TPSA) is 84.7 Å². The van der Waals surface area contributed by atoms with Gasteiger partial charge >= 0.3 is 0 Å². The minimum Gasteiger partial charge on any atom is -0.325 e. The Morgan fingerprint density at radius 2 is 2.25 bits per heavy atom. The zero-order valence-electron chi connectivity index (χ0n) is 12.6. The largest absolute Gasteiger partial charge is 0.325 e. The lowest BCUT2D eigenvalue weighted by atomic mass is 10.2. The highest BCUT2D eigenvalue weighted by Crippen LogP contribution is 2.40. The molecule has 2 heterocycles. The summed E-state index contributed by atoms with van der Waals surface area (Å²) >= 11 is 8.02. The van der Waals surface area contributed by atoms with E-state index >= 15 is 0 Å². The van der Waals surface area contributed by atoms with E-state index in [4.69, 9.17) is 11.6 Å². The first kappa shape index (κ1) is 17.5. The monoisotopic (exact) mass is 386 g/mol.